The molecule has 38 heavy (non-hydrogen) atoms. The molecule has 202 valence electrons. The van der Waals surface area contributed by atoms with Gasteiger partial charge in [-0.05, 0) is 72.7 Å². The maximum Gasteiger partial charge on any atom is 0.416 e. The molecule has 0 bridgehead atoms. The number of hydroxylamine groups is 1. The molecule has 1 fully saturated rings. The smallest absolute Gasteiger partial charge is 0.350 e. The summed E-state index contributed by atoms with van der Waals surface area (Å²) in [5.41, 5.74) is 0.731. The van der Waals surface area contributed by atoms with Crippen LogP contribution in [0, 0.1) is 0 Å². The lowest BCUT2D eigenvalue weighted by atomic mass is 9.85. The molecular weight excluding hydrogens is 516 g/mol. The minimum absolute atomic E-state index is 0.0468. The first kappa shape index (κ1) is 27.6. The zero-order chi connectivity index (χ0) is 27.5. The van der Waals surface area contributed by atoms with E-state index >= 15 is 0 Å². The van der Waals surface area contributed by atoms with Gasteiger partial charge in [-0.25, -0.2) is 10.3 Å². The van der Waals surface area contributed by atoms with Crippen molar-refractivity contribution in [3.63, 3.8) is 0 Å². The van der Waals surface area contributed by atoms with Crippen molar-refractivity contribution in [3.05, 3.63) is 81.4 Å². The van der Waals surface area contributed by atoms with Crippen LogP contribution in [-0.4, -0.2) is 24.6 Å². The van der Waals surface area contributed by atoms with Gasteiger partial charge in [-0.1, -0.05) is 18.2 Å². The zero-order valence-electron chi connectivity index (χ0n) is 19.9. The van der Waals surface area contributed by atoms with Gasteiger partial charge in [0.05, 0.1) is 11.1 Å². The van der Waals surface area contributed by atoms with Gasteiger partial charge in [0.2, 0.25) is 0 Å². The number of halogens is 6. The third kappa shape index (κ3) is 6.90. The van der Waals surface area contributed by atoms with Gasteiger partial charge in [0.1, 0.15) is 0 Å². The monoisotopic (exact) mass is 539 g/mol. The molecule has 2 aromatic carbocycles. The number of carbonyl (C=O) groups excluding carboxylic acids is 2. The van der Waals surface area contributed by atoms with E-state index in [2.05, 4.69) is 5.48 Å². The molecule has 1 atom stereocenters. The molecule has 1 saturated heterocycles. The van der Waals surface area contributed by atoms with E-state index in [-0.39, 0.29) is 23.6 Å². The first-order chi connectivity index (χ1) is 17.9. The van der Waals surface area contributed by atoms with Crippen molar-refractivity contribution >= 4 is 23.8 Å². The van der Waals surface area contributed by atoms with Crippen LogP contribution in [0.3, 0.4) is 0 Å². The number of amides is 1. The van der Waals surface area contributed by atoms with Crippen LogP contribution in [0.4, 0.5) is 26.3 Å². The highest BCUT2D eigenvalue weighted by atomic mass is 19.4. The number of carbonyl (C=O) groups is 2. The van der Waals surface area contributed by atoms with Crippen LogP contribution in [0.2, 0.25) is 0 Å². The Balaban J connectivity index is 1.48. The molecule has 0 radical (unpaired) electrons. The SMILES string of the molecule is O=C(/C=C/c1ccc2c(c1)CCC(=Cc1cc(C(F)(F)F)cc(C(F)(F)F)c1)C2=O)NOC1CCCCO1. The summed E-state index contributed by atoms with van der Waals surface area (Å²) >= 11 is 0. The summed E-state index contributed by atoms with van der Waals surface area (Å²) in [7, 11) is 0. The fourth-order valence-corrected chi connectivity index (χ4v) is 4.24. The molecular formula is C27H23F6NO4. The van der Waals surface area contributed by atoms with Crippen molar-refractivity contribution in [1.29, 1.82) is 0 Å². The number of rotatable bonds is 5. The van der Waals surface area contributed by atoms with Crippen LogP contribution in [0.25, 0.3) is 12.2 Å². The van der Waals surface area contributed by atoms with Crippen molar-refractivity contribution in [2.75, 3.05) is 6.61 Å². The Morgan fingerprint density at radius 2 is 1.66 bits per heavy atom. The van der Waals surface area contributed by atoms with E-state index in [1.807, 2.05) is 0 Å². The van der Waals surface area contributed by atoms with Crippen molar-refractivity contribution in [2.24, 2.45) is 0 Å². The number of nitrogens with one attached hydrogen (secondary N) is 1. The van der Waals surface area contributed by atoms with E-state index in [0.717, 1.165) is 18.9 Å². The second-order valence-electron chi connectivity index (χ2n) is 8.97. The number of fused-ring (bicyclic) bond motifs is 1. The number of alkyl halides is 6. The maximum atomic E-state index is 13.2. The molecule has 0 saturated carbocycles. The van der Waals surface area contributed by atoms with Crippen LogP contribution in [0.1, 0.15) is 63.9 Å². The molecule has 2 aliphatic rings. The van der Waals surface area contributed by atoms with Gasteiger partial charge in [0, 0.05) is 30.2 Å². The van der Waals surface area contributed by atoms with E-state index in [1.54, 1.807) is 12.1 Å². The standard InChI is InChI=1S/C27H23F6NO4/c28-26(29,30)20-13-17(14-21(15-20)27(31,32)33)12-19-7-6-18-11-16(4-8-22(18)25(19)36)5-9-23(35)34-38-24-3-1-2-10-37-24/h4-5,8-9,11-15,24H,1-3,6-7,10H2,(H,34,35)/b9-5+,19-12?. The Bertz CT molecular complexity index is 1240. The van der Waals surface area contributed by atoms with Gasteiger partial charge >= 0.3 is 12.4 Å². The molecule has 1 heterocycles. The molecule has 1 aliphatic carbocycles. The average Bonchev–Trinajstić information content (AvgIpc) is 2.87. The predicted molar refractivity (Wildman–Crippen MR) is 125 cm³/mol. The summed E-state index contributed by atoms with van der Waals surface area (Å²) in [5, 5.41) is 0. The summed E-state index contributed by atoms with van der Waals surface area (Å²) in [6.45, 7) is 0.565. The van der Waals surface area contributed by atoms with Gasteiger partial charge in [0.25, 0.3) is 5.91 Å². The number of hydrogen-bond acceptors (Lipinski definition) is 4. The number of ether oxygens (including phenoxy) is 1. The Hall–Kier alpha value is -3.44. The number of Topliss-reactive ketones (excluding diaryl/α,β-unsaturated/α-hetero) is 1. The summed E-state index contributed by atoms with van der Waals surface area (Å²) in [5.74, 6) is -0.983. The molecule has 1 unspecified atom stereocenters. The third-order valence-corrected chi connectivity index (χ3v) is 6.14. The molecule has 0 spiro atoms. The van der Waals surface area contributed by atoms with Gasteiger partial charge in [0.15, 0.2) is 12.1 Å². The largest absolute Gasteiger partial charge is 0.416 e. The summed E-state index contributed by atoms with van der Waals surface area (Å²) in [4.78, 5) is 30.2. The minimum Gasteiger partial charge on any atom is -0.350 e. The van der Waals surface area contributed by atoms with Crippen molar-refractivity contribution in [3.8, 4) is 0 Å². The van der Waals surface area contributed by atoms with Crippen LogP contribution in [0.15, 0.2) is 48.0 Å². The normalized spacial score (nSPS) is 19.6. The highest BCUT2D eigenvalue weighted by molar-refractivity contribution is 6.13. The number of ketones is 1. The van der Waals surface area contributed by atoms with Crippen LogP contribution in [-0.2, 0) is 33.1 Å². The lowest BCUT2D eigenvalue weighted by Gasteiger charge is -2.21. The third-order valence-electron chi connectivity index (χ3n) is 6.14. The van der Waals surface area contributed by atoms with Crippen LogP contribution in [0.5, 0.6) is 0 Å². The topological polar surface area (TPSA) is 64.6 Å². The fraction of sp³-hybridized carbons (Fsp3) is 0.333. The quantitative estimate of drug-likeness (QED) is 0.267. The van der Waals surface area contributed by atoms with Crippen molar-refractivity contribution < 1.29 is 45.5 Å². The fourth-order valence-electron chi connectivity index (χ4n) is 4.24. The summed E-state index contributed by atoms with van der Waals surface area (Å²) in [6, 6.07) is 6.03. The highest BCUT2D eigenvalue weighted by Crippen LogP contribution is 2.37. The second kappa shape index (κ2) is 11.1. The molecule has 1 amide bonds. The van der Waals surface area contributed by atoms with E-state index in [9.17, 15) is 35.9 Å². The first-order valence-electron chi connectivity index (χ1n) is 11.8. The average molecular weight is 539 g/mol. The van der Waals surface area contributed by atoms with E-state index in [4.69, 9.17) is 9.57 Å². The molecule has 0 aromatic heterocycles. The van der Waals surface area contributed by atoms with Gasteiger partial charge < -0.3 is 4.74 Å². The number of hydrogen-bond donors (Lipinski definition) is 1. The van der Waals surface area contributed by atoms with Gasteiger partial charge in [-0.15, -0.1) is 0 Å². The summed E-state index contributed by atoms with van der Waals surface area (Å²) < 4.78 is 84.4. The molecule has 4 rings (SSSR count). The Morgan fingerprint density at radius 3 is 2.29 bits per heavy atom. The molecule has 11 heteroatoms. The molecule has 1 N–H and O–H groups in total. The van der Waals surface area contributed by atoms with E-state index < -0.39 is 41.5 Å². The van der Waals surface area contributed by atoms with Crippen LogP contribution < -0.4 is 5.48 Å². The zero-order valence-corrected chi connectivity index (χ0v) is 19.9. The summed E-state index contributed by atoms with van der Waals surface area (Å²) in [6.07, 6.45) is -3.56. The number of aryl methyl sites for hydroxylation is 1. The van der Waals surface area contributed by atoms with E-state index in [1.165, 1.54) is 18.2 Å². The number of benzene rings is 2. The van der Waals surface area contributed by atoms with Crippen molar-refractivity contribution in [1.82, 2.24) is 5.48 Å². The molecule has 5 nitrogen and oxygen atoms in total. The predicted octanol–water partition coefficient (Wildman–Crippen LogP) is 6.52. The lowest BCUT2D eigenvalue weighted by molar-refractivity contribution is -0.198. The Labute approximate surface area is 214 Å². The van der Waals surface area contributed by atoms with Gasteiger partial charge in [-0.2, -0.15) is 26.3 Å². The second-order valence-corrected chi connectivity index (χ2v) is 8.97. The maximum absolute atomic E-state index is 13.2. The van der Waals surface area contributed by atoms with Crippen LogP contribution >= 0.6 is 0 Å². The molecule has 2 aromatic rings. The lowest BCUT2D eigenvalue weighted by Crippen LogP contribution is -2.32. The van der Waals surface area contributed by atoms with Gasteiger partial charge in [-0.3, -0.25) is 9.59 Å². The Kier molecular flexibility index (Phi) is 8.08. The molecule has 1 aliphatic heterocycles. The van der Waals surface area contributed by atoms with Crippen molar-refractivity contribution in [2.45, 2.75) is 50.7 Å². The highest BCUT2D eigenvalue weighted by Gasteiger charge is 2.37. The number of allylic oxidation sites excluding steroid dienone is 1. The minimum atomic E-state index is -4.98. The van der Waals surface area contributed by atoms with E-state index in [0.29, 0.717) is 48.3 Å². The first-order valence-corrected chi connectivity index (χ1v) is 11.8. The Morgan fingerprint density at radius 1 is 0.947 bits per heavy atom.